The molecule has 2 aromatic carbocycles. The SMILES string of the molecule is Cc1c(-c2ccccc2)nnn1Cc1ccc(-c2cnc(C(F)F)[nH]2)cc1. The number of alkyl halides is 2. The van der Waals surface area contributed by atoms with Crippen molar-refractivity contribution in [1.29, 1.82) is 0 Å². The molecule has 0 radical (unpaired) electrons. The van der Waals surface area contributed by atoms with Gasteiger partial charge in [-0.25, -0.2) is 18.4 Å². The average Bonchev–Trinajstić information content (AvgIpc) is 3.31. The van der Waals surface area contributed by atoms with Crippen LogP contribution in [0.3, 0.4) is 0 Å². The van der Waals surface area contributed by atoms with E-state index in [0.29, 0.717) is 12.2 Å². The molecule has 0 aliphatic heterocycles. The van der Waals surface area contributed by atoms with Gasteiger partial charge in [-0.2, -0.15) is 0 Å². The Morgan fingerprint density at radius 2 is 1.74 bits per heavy atom. The van der Waals surface area contributed by atoms with Gasteiger partial charge in [0, 0.05) is 5.56 Å². The Morgan fingerprint density at radius 3 is 2.41 bits per heavy atom. The van der Waals surface area contributed by atoms with E-state index in [1.165, 1.54) is 6.20 Å². The molecule has 7 heteroatoms. The largest absolute Gasteiger partial charge is 0.337 e. The van der Waals surface area contributed by atoms with Gasteiger partial charge < -0.3 is 4.98 Å². The number of H-pyrrole nitrogens is 1. The zero-order chi connectivity index (χ0) is 18.8. The summed E-state index contributed by atoms with van der Waals surface area (Å²) in [7, 11) is 0. The van der Waals surface area contributed by atoms with Crippen molar-refractivity contribution < 1.29 is 8.78 Å². The summed E-state index contributed by atoms with van der Waals surface area (Å²) in [6.07, 6.45) is -1.18. The molecule has 0 saturated carbocycles. The number of hydrogen-bond donors (Lipinski definition) is 1. The van der Waals surface area contributed by atoms with E-state index in [4.69, 9.17) is 0 Å². The van der Waals surface area contributed by atoms with E-state index in [0.717, 1.165) is 28.1 Å². The van der Waals surface area contributed by atoms with Gasteiger partial charge in [-0.05, 0) is 18.1 Å². The van der Waals surface area contributed by atoms with Crippen molar-refractivity contribution in [2.24, 2.45) is 0 Å². The summed E-state index contributed by atoms with van der Waals surface area (Å²) in [6, 6.07) is 17.6. The van der Waals surface area contributed by atoms with Crippen molar-refractivity contribution in [3.8, 4) is 22.5 Å². The highest BCUT2D eigenvalue weighted by atomic mass is 19.3. The first kappa shape index (κ1) is 17.1. The summed E-state index contributed by atoms with van der Waals surface area (Å²) >= 11 is 0. The first-order chi connectivity index (χ1) is 13.1. The molecule has 2 heterocycles. The minimum absolute atomic E-state index is 0.319. The van der Waals surface area contributed by atoms with Crippen LogP contribution in [0, 0.1) is 6.92 Å². The van der Waals surface area contributed by atoms with Crippen LogP contribution in [0.4, 0.5) is 8.78 Å². The van der Waals surface area contributed by atoms with Crippen molar-refractivity contribution in [1.82, 2.24) is 25.0 Å². The number of imidazole rings is 1. The van der Waals surface area contributed by atoms with Crippen LogP contribution in [-0.2, 0) is 6.54 Å². The lowest BCUT2D eigenvalue weighted by Crippen LogP contribution is -2.04. The maximum Gasteiger partial charge on any atom is 0.295 e. The fraction of sp³-hybridized carbons (Fsp3) is 0.150. The summed E-state index contributed by atoms with van der Waals surface area (Å²) in [5.74, 6) is -0.319. The topological polar surface area (TPSA) is 59.4 Å². The minimum Gasteiger partial charge on any atom is -0.337 e. The number of benzene rings is 2. The van der Waals surface area contributed by atoms with Gasteiger partial charge in [0.15, 0.2) is 5.82 Å². The van der Waals surface area contributed by atoms with Crippen molar-refractivity contribution in [3.05, 3.63) is 77.9 Å². The Labute approximate surface area is 154 Å². The molecule has 0 aliphatic rings. The summed E-state index contributed by atoms with van der Waals surface area (Å²) in [6.45, 7) is 2.57. The quantitative estimate of drug-likeness (QED) is 0.561. The van der Waals surface area contributed by atoms with Gasteiger partial charge in [-0.15, -0.1) is 5.10 Å². The van der Waals surface area contributed by atoms with Gasteiger partial charge in [-0.3, -0.25) is 0 Å². The molecule has 0 unspecified atom stereocenters. The standard InChI is InChI=1S/C20H17F2N5/c1-13-18(16-5-3-2-4-6-16)25-26-27(13)12-14-7-9-15(10-8-14)17-11-23-20(24-17)19(21)22/h2-11,19H,12H2,1H3,(H,23,24). The van der Waals surface area contributed by atoms with Crippen molar-refractivity contribution in [3.63, 3.8) is 0 Å². The zero-order valence-electron chi connectivity index (χ0n) is 14.6. The molecule has 0 amide bonds. The van der Waals surface area contributed by atoms with Gasteiger partial charge in [-0.1, -0.05) is 59.8 Å². The van der Waals surface area contributed by atoms with Crippen LogP contribution in [0.5, 0.6) is 0 Å². The molecule has 0 atom stereocenters. The molecule has 0 aliphatic carbocycles. The predicted octanol–water partition coefficient (Wildman–Crippen LogP) is 4.63. The maximum atomic E-state index is 12.7. The van der Waals surface area contributed by atoms with E-state index < -0.39 is 6.43 Å². The summed E-state index contributed by atoms with van der Waals surface area (Å²) in [5.41, 5.74) is 5.30. The number of hydrogen-bond acceptors (Lipinski definition) is 3. The third-order valence-electron chi connectivity index (χ3n) is 4.43. The number of aromatic nitrogens is 5. The summed E-state index contributed by atoms with van der Waals surface area (Å²) in [5, 5.41) is 8.55. The second-order valence-corrected chi connectivity index (χ2v) is 6.23. The fourth-order valence-corrected chi connectivity index (χ4v) is 2.93. The van der Waals surface area contributed by atoms with E-state index in [9.17, 15) is 8.78 Å². The molecular formula is C20H17F2N5. The van der Waals surface area contributed by atoms with E-state index >= 15 is 0 Å². The number of rotatable bonds is 5. The summed E-state index contributed by atoms with van der Waals surface area (Å²) in [4.78, 5) is 6.34. The highest BCUT2D eigenvalue weighted by molar-refractivity contribution is 5.61. The lowest BCUT2D eigenvalue weighted by atomic mass is 10.1. The molecule has 136 valence electrons. The Hall–Kier alpha value is -3.35. The highest BCUT2D eigenvalue weighted by Crippen LogP contribution is 2.23. The molecule has 0 bridgehead atoms. The fourth-order valence-electron chi connectivity index (χ4n) is 2.93. The monoisotopic (exact) mass is 365 g/mol. The number of aromatic amines is 1. The van der Waals surface area contributed by atoms with Crippen molar-refractivity contribution in [2.45, 2.75) is 19.9 Å². The second kappa shape index (κ2) is 7.11. The Balaban J connectivity index is 1.53. The Bertz CT molecular complexity index is 1040. The molecule has 4 rings (SSSR count). The van der Waals surface area contributed by atoms with Crippen molar-refractivity contribution in [2.75, 3.05) is 0 Å². The van der Waals surface area contributed by atoms with Crippen LogP contribution in [0.15, 0.2) is 60.8 Å². The van der Waals surface area contributed by atoms with Crippen molar-refractivity contribution >= 4 is 0 Å². The van der Waals surface area contributed by atoms with E-state index in [-0.39, 0.29) is 5.82 Å². The Morgan fingerprint density at radius 1 is 1.00 bits per heavy atom. The number of nitrogens with zero attached hydrogens (tertiary/aromatic N) is 4. The smallest absolute Gasteiger partial charge is 0.295 e. The molecular weight excluding hydrogens is 348 g/mol. The van der Waals surface area contributed by atoms with Crippen LogP contribution < -0.4 is 0 Å². The van der Waals surface area contributed by atoms with Crippen LogP contribution in [0.25, 0.3) is 22.5 Å². The van der Waals surface area contributed by atoms with Gasteiger partial charge in [0.2, 0.25) is 0 Å². The first-order valence-electron chi connectivity index (χ1n) is 8.49. The Kier molecular flexibility index (Phi) is 4.50. The number of halogens is 2. The molecule has 4 aromatic rings. The molecule has 1 N–H and O–H groups in total. The number of nitrogens with one attached hydrogen (secondary N) is 1. The van der Waals surface area contributed by atoms with E-state index in [2.05, 4.69) is 20.3 Å². The third-order valence-corrected chi connectivity index (χ3v) is 4.43. The van der Waals surface area contributed by atoms with Crippen LogP contribution in [0.2, 0.25) is 0 Å². The normalized spacial score (nSPS) is 11.3. The van der Waals surface area contributed by atoms with E-state index in [1.807, 2.05) is 66.2 Å². The second-order valence-electron chi connectivity index (χ2n) is 6.23. The zero-order valence-corrected chi connectivity index (χ0v) is 14.6. The molecule has 2 aromatic heterocycles. The first-order valence-corrected chi connectivity index (χ1v) is 8.49. The third kappa shape index (κ3) is 3.48. The maximum absolute atomic E-state index is 12.7. The average molecular weight is 365 g/mol. The predicted molar refractivity (Wildman–Crippen MR) is 98.3 cm³/mol. The van der Waals surface area contributed by atoms with Gasteiger partial charge in [0.25, 0.3) is 6.43 Å². The van der Waals surface area contributed by atoms with Crippen LogP contribution >= 0.6 is 0 Å². The summed E-state index contributed by atoms with van der Waals surface area (Å²) < 4.78 is 27.2. The van der Waals surface area contributed by atoms with Gasteiger partial charge >= 0.3 is 0 Å². The van der Waals surface area contributed by atoms with E-state index in [1.54, 1.807) is 0 Å². The molecule has 0 fully saturated rings. The molecule has 27 heavy (non-hydrogen) atoms. The molecule has 0 spiro atoms. The minimum atomic E-state index is -2.60. The molecule has 0 saturated heterocycles. The van der Waals surface area contributed by atoms with Crippen LogP contribution in [0.1, 0.15) is 23.5 Å². The van der Waals surface area contributed by atoms with Gasteiger partial charge in [0.1, 0.15) is 5.69 Å². The lowest BCUT2D eigenvalue weighted by molar-refractivity contribution is 0.141. The van der Waals surface area contributed by atoms with Gasteiger partial charge in [0.05, 0.1) is 24.1 Å². The molecule has 5 nitrogen and oxygen atoms in total. The highest BCUT2D eigenvalue weighted by Gasteiger charge is 2.13. The van der Waals surface area contributed by atoms with Crippen LogP contribution in [-0.4, -0.2) is 25.0 Å². The lowest BCUT2D eigenvalue weighted by Gasteiger charge is -2.06.